The molecule has 3 aliphatic carbocycles. The van der Waals surface area contributed by atoms with Crippen LogP contribution in [0.4, 0.5) is 0 Å². The number of carbonyl (C=O) groups excluding carboxylic acids is 1. The van der Waals surface area contributed by atoms with Crippen LogP contribution in [0.1, 0.15) is 79.6 Å². The second-order valence-corrected chi connectivity index (χ2v) is 9.81. The third-order valence-electron chi connectivity index (χ3n) is 7.44. The van der Waals surface area contributed by atoms with Gasteiger partial charge in [-0.15, -0.1) is 0 Å². The highest BCUT2D eigenvalue weighted by atomic mass is 16.7. The van der Waals surface area contributed by atoms with Crippen molar-refractivity contribution in [3.8, 4) is 0 Å². The Hall–Kier alpha value is -0.570. The Bertz CT molecular complexity index is 466. The number of ether oxygens (including phenoxy) is 2. The standard InChI is InChI=1S/C22H38O3/c1-6-14-10-15(7-2)21-18-12-17(20(14)21)11-16(18)8-9-19(23)24-13-25-22(3,4)5/h14-18,20-21H,6-13H2,1-5H3. The van der Waals surface area contributed by atoms with Crippen LogP contribution in [0.2, 0.25) is 0 Å². The number of hydrogen-bond donors (Lipinski definition) is 0. The van der Waals surface area contributed by atoms with E-state index >= 15 is 0 Å². The van der Waals surface area contributed by atoms with Gasteiger partial charge in [-0.1, -0.05) is 26.7 Å². The summed E-state index contributed by atoms with van der Waals surface area (Å²) in [6.07, 6.45) is 8.57. The highest BCUT2D eigenvalue weighted by Gasteiger charge is 2.59. The van der Waals surface area contributed by atoms with Crippen LogP contribution in [0, 0.1) is 41.4 Å². The summed E-state index contributed by atoms with van der Waals surface area (Å²) in [6, 6.07) is 0. The molecule has 0 spiro atoms. The summed E-state index contributed by atoms with van der Waals surface area (Å²) >= 11 is 0. The van der Waals surface area contributed by atoms with Crippen LogP contribution in [-0.2, 0) is 14.3 Å². The first-order valence-electron chi connectivity index (χ1n) is 10.6. The maximum absolute atomic E-state index is 12.0. The van der Waals surface area contributed by atoms with E-state index in [1.165, 1.54) is 32.1 Å². The Labute approximate surface area is 154 Å². The number of carbonyl (C=O) groups is 1. The van der Waals surface area contributed by atoms with Gasteiger partial charge in [0.25, 0.3) is 0 Å². The lowest BCUT2D eigenvalue weighted by molar-refractivity contribution is -0.167. The second-order valence-electron chi connectivity index (χ2n) is 9.81. The summed E-state index contributed by atoms with van der Waals surface area (Å²) in [4.78, 5) is 12.0. The van der Waals surface area contributed by atoms with E-state index in [1.807, 2.05) is 20.8 Å². The molecule has 0 N–H and O–H groups in total. The molecule has 0 amide bonds. The Kier molecular flexibility index (Phi) is 5.82. The van der Waals surface area contributed by atoms with Gasteiger partial charge in [-0.25, -0.2) is 0 Å². The van der Waals surface area contributed by atoms with Crippen molar-refractivity contribution in [2.75, 3.05) is 6.79 Å². The molecule has 0 aromatic rings. The molecule has 0 aliphatic heterocycles. The minimum absolute atomic E-state index is 0.0832. The largest absolute Gasteiger partial charge is 0.438 e. The van der Waals surface area contributed by atoms with Crippen molar-refractivity contribution < 1.29 is 14.3 Å². The molecule has 7 unspecified atom stereocenters. The fourth-order valence-corrected chi connectivity index (χ4v) is 6.51. The Morgan fingerprint density at radius 2 is 1.64 bits per heavy atom. The lowest BCUT2D eigenvalue weighted by atomic mass is 9.69. The third-order valence-corrected chi connectivity index (χ3v) is 7.44. The summed E-state index contributed by atoms with van der Waals surface area (Å²) in [7, 11) is 0. The monoisotopic (exact) mass is 350 g/mol. The number of hydrogen-bond acceptors (Lipinski definition) is 3. The first-order valence-corrected chi connectivity index (χ1v) is 10.6. The van der Waals surface area contributed by atoms with Gasteiger partial charge in [0.1, 0.15) is 0 Å². The van der Waals surface area contributed by atoms with Crippen molar-refractivity contribution in [2.24, 2.45) is 41.4 Å². The summed E-state index contributed by atoms with van der Waals surface area (Å²) in [6.45, 7) is 10.8. The van der Waals surface area contributed by atoms with Gasteiger partial charge in [-0.2, -0.15) is 0 Å². The van der Waals surface area contributed by atoms with E-state index in [9.17, 15) is 4.79 Å². The highest BCUT2D eigenvalue weighted by Crippen LogP contribution is 2.66. The van der Waals surface area contributed by atoms with Crippen LogP contribution in [0.3, 0.4) is 0 Å². The Morgan fingerprint density at radius 1 is 0.960 bits per heavy atom. The van der Waals surface area contributed by atoms with Crippen molar-refractivity contribution in [3.63, 3.8) is 0 Å². The molecule has 2 bridgehead atoms. The Morgan fingerprint density at radius 3 is 2.28 bits per heavy atom. The van der Waals surface area contributed by atoms with Crippen molar-refractivity contribution in [3.05, 3.63) is 0 Å². The van der Waals surface area contributed by atoms with Gasteiger partial charge in [-0.05, 0) is 87.9 Å². The second kappa shape index (κ2) is 7.58. The summed E-state index contributed by atoms with van der Waals surface area (Å²) in [5.41, 5.74) is -0.257. The number of rotatable bonds is 7. The van der Waals surface area contributed by atoms with Crippen LogP contribution in [0.5, 0.6) is 0 Å². The fourth-order valence-electron chi connectivity index (χ4n) is 6.51. The smallest absolute Gasteiger partial charge is 0.307 e. The SMILES string of the molecule is CCC1CC(CC)C2C3CC(CC3CCC(=O)OCOC(C)(C)C)C12. The van der Waals surface area contributed by atoms with E-state index in [-0.39, 0.29) is 18.4 Å². The first-order chi connectivity index (χ1) is 11.8. The van der Waals surface area contributed by atoms with E-state index < -0.39 is 0 Å². The minimum Gasteiger partial charge on any atom is -0.438 e. The molecule has 25 heavy (non-hydrogen) atoms. The predicted molar refractivity (Wildman–Crippen MR) is 99.9 cm³/mol. The summed E-state index contributed by atoms with van der Waals surface area (Å²) in [5, 5.41) is 0. The molecule has 7 atom stereocenters. The molecule has 0 aromatic carbocycles. The van der Waals surface area contributed by atoms with Gasteiger partial charge in [0.05, 0.1) is 5.60 Å². The maximum Gasteiger partial charge on any atom is 0.307 e. The van der Waals surface area contributed by atoms with E-state index in [4.69, 9.17) is 9.47 Å². The van der Waals surface area contributed by atoms with Gasteiger partial charge < -0.3 is 9.47 Å². The number of esters is 1. The van der Waals surface area contributed by atoms with Crippen LogP contribution in [-0.4, -0.2) is 18.4 Å². The molecule has 144 valence electrons. The third kappa shape index (κ3) is 4.07. The average molecular weight is 351 g/mol. The molecular formula is C22H38O3. The van der Waals surface area contributed by atoms with Gasteiger partial charge in [0, 0.05) is 6.42 Å². The molecule has 3 rings (SSSR count). The van der Waals surface area contributed by atoms with Crippen molar-refractivity contribution in [1.82, 2.24) is 0 Å². The first kappa shape index (κ1) is 19.2. The van der Waals surface area contributed by atoms with Crippen molar-refractivity contribution in [2.45, 2.75) is 85.2 Å². The minimum atomic E-state index is -0.257. The molecule has 0 radical (unpaired) electrons. The van der Waals surface area contributed by atoms with Gasteiger partial charge in [0.15, 0.2) is 6.79 Å². The average Bonchev–Trinajstić information content (AvgIpc) is 3.21. The molecule has 0 saturated heterocycles. The van der Waals surface area contributed by atoms with Crippen LogP contribution < -0.4 is 0 Å². The summed E-state index contributed by atoms with van der Waals surface area (Å²) < 4.78 is 10.7. The topological polar surface area (TPSA) is 35.5 Å². The lowest BCUT2D eigenvalue weighted by Crippen LogP contribution is -2.30. The van der Waals surface area contributed by atoms with Crippen LogP contribution in [0.25, 0.3) is 0 Å². The molecule has 3 aliphatic rings. The zero-order valence-corrected chi connectivity index (χ0v) is 16.9. The zero-order valence-electron chi connectivity index (χ0n) is 16.9. The van der Waals surface area contributed by atoms with Crippen molar-refractivity contribution >= 4 is 5.97 Å². The predicted octanol–water partition coefficient (Wildman–Crippen LogP) is 5.43. The molecule has 3 saturated carbocycles. The van der Waals surface area contributed by atoms with Gasteiger partial charge in [-0.3, -0.25) is 4.79 Å². The quantitative estimate of drug-likeness (QED) is 0.454. The molecule has 3 fully saturated rings. The normalized spacial score (nSPS) is 39.6. The highest BCUT2D eigenvalue weighted by molar-refractivity contribution is 5.69. The molecule has 0 heterocycles. The van der Waals surface area contributed by atoms with Gasteiger partial charge in [0.2, 0.25) is 0 Å². The Balaban J connectivity index is 1.47. The lowest BCUT2D eigenvalue weighted by Gasteiger charge is -2.35. The maximum atomic E-state index is 12.0. The number of fused-ring (bicyclic) bond motifs is 5. The van der Waals surface area contributed by atoms with Crippen LogP contribution in [0.15, 0.2) is 0 Å². The van der Waals surface area contributed by atoms with E-state index in [2.05, 4.69) is 13.8 Å². The molecular weight excluding hydrogens is 312 g/mol. The molecule has 3 heteroatoms. The zero-order chi connectivity index (χ0) is 18.2. The van der Waals surface area contributed by atoms with E-state index in [1.54, 1.807) is 0 Å². The molecule has 3 nitrogen and oxygen atoms in total. The van der Waals surface area contributed by atoms with E-state index in [0.29, 0.717) is 6.42 Å². The van der Waals surface area contributed by atoms with Crippen molar-refractivity contribution in [1.29, 1.82) is 0 Å². The summed E-state index contributed by atoms with van der Waals surface area (Å²) in [5.74, 6) is 6.38. The van der Waals surface area contributed by atoms with E-state index in [0.717, 1.165) is 47.8 Å². The molecule has 0 aromatic heterocycles. The van der Waals surface area contributed by atoms with Crippen LogP contribution >= 0.6 is 0 Å². The van der Waals surface area contributed by atoms with Gasteiger partial charge >= 0.3 is 5.97 Å². The fraction of sp³-hybridized carbons (Fsp3) is 0.955.